The van der Waals surface area contributed by atoms with Gasteiger partial charge in [-0.2, -0.15) is 5.26 Å². The quantitative estimate of drug-likeness (QED) is 0.483. The number of piperazine rings is 1. The van der Waals surface area contributed by atoms with E-state index >= 15 is 4.39 Å². The second-order valence-corrected chi connectivity index (χ2v) is 10.9. The molecule has 1 unspecified atom stereocenters. The van der Waals surface area contributed by atoms with Gasteiger partial charge in [0.05, 0.1) is 11.9 Å². The number of rotatable bonds is 6. The van der Waals surface area contributed by atoms with Gasteiger partial charge in [-0.25, -0.2) is 14.4 Å². The summed E-state index contributed by atoms with van der Waals surface area (Å²) in [6, 6.07) is 13.5. The molecule has 2 saturated heterocycles. The Morgan fingerprint density at radius 2 is 1.98 bits per heavy atom. The zero-order chi connectivity index (χ0) is 27.5. The Morgan fingerprint density at radius 1 is 1.18 bits per heavy atom. The highest BCUT2D eigenvalue weighted by Crippen LogP contribution is 2.47. The molecule has 4 heterocycles. The van der Waals surface area contributed by atoms with Gasteiger partial charge in [0.25, 0.3) is 0 Å². The van der Waals surface area contributed by atoms with E-state index in [9.17, 15) is 10.1 Å². The lowest BCUT2D eigenvalue weighted by Crippen LogP contribution is -2.53. The Morgan fingerprint density at radius 3 is 2.67 bits per heavy atom. The Kier molecular flexibility index (Phi) is 5.75. The minimum atomic E-state index is -1.06. The Balaban J connectivity index is 1.21. The van der Waals surface area contributed by atoms with Crippen molar-refractivity contribution in [1.29, 1.82) is 5.26 Å². The van der Waals surface area contributed by atoms with Crippen LogP contribution in [0.25, 0.3) is 11.3 Å². The fraction of sp³-hybridized carbons (Fsp3) is 0.379. The monoisotopic (exact) mass is 541 g/mol. The van der Waals surface area contributed by atoms with Crippen LogP contribution in [-0.2, 0) is 21.6 Å². The molecule has 204 valence electrons. The lowest BCUT2D eigenvalue weighted by atomic mass is 9.99. The van der Waals surface area contributed by atoms with E-state index in [2.05, 4.69) is 43.5 Å². The highest BCUT2D eigenvalue weighted by molar-refractivity contribution is 6.07. The number of likely N-dealkylation sites (N-methyl/N-ethyl adjacent to an activating group) is 1. The molecule has 2 N–H and O–H groups in total. The normalized spacial score (nSPS) is 22.9. The third-order valence-corrected chi connectivity index (χ3v) is 8.20. The second kappa shape index (κ2) is 9.23. The molecular weight excluding hydrogens is 513 g/mol. The van der Waals surface area contributed by atoms with E-state index in [0.29, 0.717) is 30.0 Å². The average molecular weight is 542 g/mol. The van der Waals surface area contributed by atoms with Gasteiger partial charge in [0.2, 0.25) is 11.5 Å². The Labute approximate surface area is 230 Å². The molecule has 2 aromatic carbocycles. The first-order chi connectivity index (χ1) is 19.4. The molecule has 4 aliphatic rings. The van der Waals surface area contributed by atoms with Crippen LogP contribution in [0.1, 0.15) is 17.5 Å². The van der Waals surface area contributed by atoms with E-state index in [-0.39, 0.29) is 30.6 Å². The maximum Gasteiger partial charge on any atom is 0.240 e. The summed E-state index contributed by atoms with van der Waals surface area (Å²) in [5.74, 6) is 0.286. The number of ether oxygens (including phenoxy) is 2. The van der Waals surface area contributed by atoms with E-state index in [0.717, 1.165) is 49.2 Å². The number of anilines is 3. The van der Waals surface area contributed by atoms with Crippen LogP contribution in [0, 0.1) is 17.1 Å². The summed E-state index contributed by atoms with van der Waals surface area (Å²) in [6.07, 6.45) is 1.63. The van der Waals surface area contributed by atoms with Gasteiger partial charge < -0.3 is 24.6 Å². The predicted octanol–water partition coefficient (Wildman–Crippen LogP) is 2.72. The van der Waals surface area contributed by atoms with E-state index < -0.39 is 17.0 Å². The molecule has 3 aromatic rings. The highest BCUT2D eigenvalue weighted by atomic mass is 19.1. The van der Waals surface area contributed by atoms with Crippen molar-refractivity contribution in [3.8, 4) is 23.1 Å². The summed E-state index contributed by atoms with van der Waals surface area (Å²) in [5, 5.41) is 16.2. The number of nitriles is 1. The van der Waals surface area contributed by atoms with Gasteiger partial charge in [-0.3, -0.25) is 10.1 Å². The number of hydrogen-bond donors (Lipinski definition) is 2. The number of halogens is 1. The van der Waals surface area contributed by atoms with Crippen LogP contribution in [0.15, 0.2) is 42.6 Å². The van der Waals surface area contributed by atoms with Gasteiger partial charge in [-0.15, -0.1) is 0 Å². The van der Waals surface area contributed by atoms with Crippen LogP contribution >= 0.6 is 0 Å². The lowest BCUT2D eigenvalue weighted by Gasteiger charge is -2.36. The zero-order valence-corrected chi connectivity index (χ0v) is 22.0. The molecular formula is C29H28FN7O3. The van der Waals surface area contributed by atoms with Crippen molar-refractivity contribution in [3.63, 3.8) is 0 Å². The number of nitrogens with zero attached hydrogens (tertiary/aromatic N) is 5. The molecule has 7 rings (SSSR count). The maximum absolute atomic E-state index is 15.0. The number of nitrogens with one attached hydrogen (secondary N) is 2. The summed E-state index contributed by atoms with van der Waals surface area (Å²) < 4.78 is 26.4. The molecule has 0 amide bonds. The number of benzene rings is 2. The number of aromatic nitrogens is 2. The van der Waals surface area contributed by atoms with Gasteiger partial charge in [-0.05, 0) is 42.4 Å². The largest absolute Gasteiger partial charge is 0.465 e. The number of hydrogen-bond acceptors (Lipinski definition) is 10. The summed E-state index contributed by atoms with van der Waals surface area (Å²) in [4.78, 5) is 25.3. The second-order valence-electron chi connectivity index (χ2n) is 10.9. The summed E-state index contributed by atoms with van der Waals surface area (Å²) in [6.45, 7) is 4.57. The van der Waals surface area contributed by atoms with Gasteiger partial charge in [0.15, 0.2) is 11.6 Å². The molecule has 3 aliphatic heterocycles. The van der Waals surface area contributed by atoms with E-state index in [4.69, 9.17) is 9.47 Å². The van der Waals surface area contributed by atoms with Crippen molar-refractivity contribution in [2.75, 3.05) is 56.7 Å². The fourth-order valence-corrected chi connectivity index (χ4v) is 5.61. The molecule has 1 saturated carbocycles. The number of ketones is 1. The molecule has 0 radical (unpaired) electrons. The molecule has 40 heavy (non-hydrogen) atoms. The molecule has 1 aliphatic carbocycles. The minimum absolute atomic E-state index is 0.155. The molecule has 1 atom stereocenters. The van der Waals surface area contributed by atoms with Crippen LogP contribution < -0.4 is 20.3 Å². The van der Waals surface area contributed by atoms with Gasteiger partial charge in [-0.1, -0.05) is 12.1 Å². The van der Waals surface area contributed by atoms with Gasteiger partial charge >= 0.3 is 0 Å². The topological polar surface area (TPSA) is 116 Å². The summed E-state index contributed by atoms with van der Waals surface area (Å²) in [7, 11) is 2.10. The molecule has 11 heteroatoms. The van der Waals surface area contributed by atoms with Crippen LogP contribution in [0.3, 0.4) is 0 Å². The SMILES string of the molecule is CN1CCN(c2ccc(OC3(C#N)COC3)c(Nc3ncc(F)c(-c4ccc5c(c4)CNC54CC4=O)n3)c2)CC1. The van der Waals surface area contributed by atoms with Crippen LogP contribution in [0.2, 0.25) is 0 Å². The van der Waals surface area contributed by atoms with E-state index in [1.54, 1.807) is 6.07 Å². The van der Waals surface area contributed by atoms with E-state index in [1.165, 1.54) is 0 Å². The van der Waals surface area contributed by atoms with Crippen molar-refractivity contribution in [3.05, 3.63) is 59.5 Å². The molecule has 0 bridgehead atoms. The van der Waals surface area contributed by atoms with Crippen molar-refractivity contribution >= 4 is 23.1 Å². The fourth-order valence-electron chi connectivity index (χ4n) is 5.61. The van der Waals surface area contributed by atoms with Crippen LogP contribution in [0.5, 0.6) is 5.75 Å². The molecule has 3 fully saturated rings. The first-order valence-electron chi connectivity index (χ1n) is 13.4. The van der Waals surface area contributed by atoms with Crippen molar-refractivity contribution < 1.29 is 18.7 Å². The Bertz CT molecular complexity index is 1560. The van der Waals surface area contributed by atoms with Crippen molar-refractivity contribution in [2.24, 2.45) is 0 Å². The van der Waals surface area contributed by atoms with Gasteiger partial charge in [0.1, 0.15) is 36.3 Å². The number of Topliss-reactive ketones (excluding diaryl/α,β-unsaturated/α-hetero) is 1. The standard InChI is InChI=1S/C29H28FN7O3/c1-36-6-8-37(9-7-36)20-3-5-24(40-28(15-31)16-39-17-28)23(11-20)34-27-32-14-22(30)26(35-27)18-2-4-21-19(10-18)13-33-29(21)12-25(29)38/h2-5,10-11,14,33H,6-9,12-13,16-17H2,1H3,(H,32,34,35). The number of fused-ring (bicyclic) bond motifs is 2. The average Bonchev–Trinajstić information content (AvgIpc) is 3.46. The molecule has 10 nitrogen and oxygen atoms in total. The minimum Gasteiger partial charge on any atom is -0.465 e. The number of carbonyl (C=O) groups excluding carboxylic acids is 1. The highest BCUT2D eigenvalue weighted by Gasteiger charge is 2.58. The maximum atomic E-state index is 15.0. The van der Waals surface area contributed by atoms with Crippen LogP contribution in [-0.4, -0.2) is 72.7 Å². The van der Waals surface area contributed by atoms with Crippen LogP contribution in [0.4, 0.5) is 21.7 Å². The lowest BCUT2D eigenvalue weighted by molar-refractivity contribution is -0.126. The molecule has 1 aromatic heterocycles. The summed E-state index contributed by atoms with van der Waals surface area (Å²) in [5.41, 5.74) is 2.65. The third-order valence-electron chi connectivity index (χ3n) is 8.20. The first kappa shape index (κ1) is 24.9. The summed E-state index contributed by atoms with van der Waals surface area (Å²) >= 11 is 0. The first-order valence-corrected chi connectivity index (χ1v) is 13.4. The van der Waals surface area contributed by atoms with Crippen molar-refractivity contribution in [2.45, 2.75) is 24.1 Å². The predicted molar refractivity (Wildman–Crippen MR) is 145 cm³/mol. The smallest absolute Gasteiger partial charge is 0.240 e. The van der Waals surface area contributed by atoms with Gasteiger partial charge in [0, 0.05) is 50.4 Å². The zero-order valence-electron chi connectivity index (χ0n) is 22.0. The number of carbonyl (C=O) groups is 1. The molecule has 1 spiro atoms. The third kappa shape index (κ3) is 4.16. The van der Waals surface area contributed by atoms with Crippen molar-refractivity contribution in [1.82, 2.24) is 20.2 Å². The van der Waals surface area contributed by atoms with E-state index in [1.807, 2.05) is 30.3 Å². The Hall–Kier alpha value is -4.11.